The van der Waals surface area contributed by atoms with E-state index in [-0.39, 0.29) is 23.6 Å². The topological polar surface area (TPSA) is 51.2 Å². The van der Waals surface area contributed by atoms with Gasteiger partial charge in [0.25, 0.3) is 5.91 Å². The van der Waals surface area contributed by atoms with Crippen molar-refractivity contribution >= 4 is 16.8 Å². The summed E-state index contributed by atoms with van der Waals surface area (Å²) >= 11 is 0. The molecule has 0 aliphatic heterocycles. The van der Waals surface area contributed by atoms with Crippen LogP contribution in [-0.4, -0.2) is 17.4 Å². The summed E-state index contributed by atoms with van der Waals surface area (Å²) in [6.07, 6.45) is -4.72. The molecule has 8 heteroatoms. The summed E-state index contributed by atoms with van der Waals surface area (Å²) in [7, 11) is 0. The fourth-order valence-corrected chi connectivity index (χ4v) is 3.65. The molecular weight excluding hydrogens is 460 g/mol. The minimum Gasteiger partial charge on any atom is -0.455 e. The van der Waals surface area contributed by atoms with Crippen LogP contribution in [0.25, 0.3) is 10.9 Å². The Morgan fingerprint density at radius 3 is 2.51 bits per heavy atom. The van der Waals surface area contributed by atoms with Crippen LogP contribution in [0.2, 0.25) is 0 Å². The van der Waals surface area contributed by atoms with Crippen LogP contribution in [0, 0.1) is 13.8 Å². The van der Waals surface area contributed by atoms with Crippen molar-refractivity contribution in [1.29, 1.82) is 0 Å². The number of amides is 1. The number of carbonyl (C=O) groups is 1. The molecular formula is C27H22F4N2O2. The SMILES string of the molecule is Cc1ccc([C@@H](F)CNC(=O)c2c(Oc3cccc(C(F)(F)F)c3)cnc3ccccc23)cc1C. The van der Waals surface area contributed by atoms with Crippen molar-refractivity contribution in [3.63, 3.8) is 0 Å². The first-order valence-electron chi connectivity index (χ1n) is 10.9. The quantitative estimate of drug-likeness (QED) is 0.298. The fourth-order valence-electron chi connectivity index (χ4n) is 3.65. The number of rotatable bonds is 6. The van der Waals surface area contributed by atoms with Gasteiger partial charge >= 0.3 is 6.18 Å². The molecule has 1 aromatic heterocycles. The Labute approximate surface area is 199 Å². The van der Waals surface area contributed by atoms with Crippen LogP contribution >= 0.6 is 0 Å². The van der Waals surface area contributed by atoms with Gasteiger partial charge in [-0.15, -0.1) is 0 Å². The summed E-state index contributed by atoms with van der Waals surface area (Å²) in [5.74, 6) is -0.774. The summed E-state index contributed by atoms with van der Waals surface area (Å²) in [6, 6.07) is 16.3. The third-order valence-electron chi connectivity index (χ3n) is 5.69. The molecule has 35 heavy (non-hydrogen) atoms. The minimum atomic E-state index is -4.55. The van der Waals surface area contributed by atoms with E-state index in [1.54, 1.807) is 36.4 Å². The lowest BCUT2D eigenvalue weighted by molar-refractivity contribution is -0.137. The Balaban J connectivity index is 1.63. The van der Waals surface area contributed by atoms with E-state index in [4.69, 9.17) is 4.74 Å². The lowest BCUT2D eigenvalue weighted by Crippen LogP contribution is -2.28. The normalized spacial score (nSPS) is 12.4. The number of nitrogens with zero attached hydrogens (tertiary/aromatic N) is 1. The van der Waals surface area contributed by atoms with Crippen LogP contribution in [0.5, 0.6) is 11.5 Å². The standard InChI is InChI=1S/C27H22F4N2O2/c1-16-10-11-18(12-17(16)2)22(28)14-33-26(34)25-21-8-3-4-9-23(21)32-15-24(25)35-20-7-5-6-19(13-20)27(29,30)31/h3-13,15,22H,14H2,1-2H3,(H,33,34)/t22-/m0/s1. The highest BCUT2D eigenvalue weighted by Gasteiger charge is 2.31. The molecule has 0 aliphatic rings. The van der Waals surface area contributed by atoms with Crippen molar-refractivity contribution in [2.24, 2.45) is 0 Å². The number of benzene rings is 3. The highest BCUT2D eigenvalue weighted by atomic mass is 19.4. The molecule has 1 heterocycles. The summed E-state index contributed by atoms with van der Waals surface area (Å²) < 4.78 is 59.9. The van der Waals surface area contributed by atoms with Crippen LogP contribution in [0.15, 0.2) is 72.9 Å². The summed E-state index contributed by atoms with van der Waals surface area (Å²) in [5.41, 5.74) is 2.06. The van der Waals surface area contributed by atoms with Gasteiger partial charge in [-0.2, -0.15) is 13.2 Å². The minimum absolute atomic E-state index is 0.0397. The Morgan fingerprint density at radius 2 is 1.77 bits per heavy atom. The first-order valence-corrected chi connectivity index (χ1v) is 10.9. The van der Waals surface area contributed by atoms with Gasteiger partial charge in [0, 0.05) is 5.39 Å². The van der Waals surface area contributed by atoms with Gasteiger partial charge in [-0.05, 0) is 54.8 Å². The molecule has 0 fully saturated rings. The van der Waals surface area contributed by atoms with Crippen LogP contribution < -0.4 is 10.1 Å². The molecule has 4 aromatic rings. The number of para-hydroxylation sites is 1. The predicted molar refractivity (Wildman–Crippen MR) is 125 cm³/mol. The molecule has 180 valence electrons. The van der Waals surface area contributed by atoms with E-state index in [9.17, 15) is 22.4 Å². The number of nitrogens with one attached hydrogen (secondary N) is 1. The lowest BCUT2D eigenvalue weighted by Gasteiger charge is -2.16. The fraction of sp³-hybridized carbons (Fsp3) is 0.185. The Kier molecular flexibility index (Phi) is 6.73. The predicted octanol–water partition coefficient (Wildman–Crippen LogP) is 7.10. The molecule has 0 saturated carbocycles. The molecule has 4 nitrogen and oxygen atoms in total. The first kappa shape index (κ1) is 24.2. The molecule has 0 spiro atoms. The highest BCUT2D eigenvalue weighted by Crippen LogP contribution is 2.35. The van der Waals surface area contributed by atoms with E-state index < -0.39 is 23.8 Å². The zero-order chi connectivity index (χ0) is 25.2. The average Bonchev–Trinajstić information content (AvgIpc) is 2.83. The van der Waals surface area contributed by atoms with E-state index >= 15 is 0 Å². The molecule has 4 rings (SSSR count). The molecule has 0 saturated heterocycles. The van der Waals surface area contributed by atoms with E-state index in [2.05, 4.69) is 10.3 Å². The van der Waals surface area contributed by atoms with Crippen LogP contribution in [-0.2, 0) is 6.18 Å². The number of halogens is 4. The maximum atomic E-state index is 14.9. The number of aryl methyl sites for hydroxylation is 2. The van der Waals surface area contributed by atoms with Gasteiger partial charge in [-0.1, -0.05) is 42.5 Å². The number of hydrogen-bond donors (Lipinski definition) is 1. The Bertz CT molecular complexity index is 1390. The van der Waals surface area contributed by atoms with E-state index in [1.165, 1.54) is 18.3 Å². The molecule has 0 aliphatic carbocycles. The number of hydrogen-bond acceptors (Lipinski definition) is 3. The monoisotopic (exact) mass is 482 g/mol. The zero-order valence-electron chi connectivity index (χ0n) is 19.0. The second-order valence-corrected chi connectivity index (χ2v) is 8.16. The maximum Gasteiger partial charge on any atom is 0.416 e. The zero-order valence-corrected chi connectivity index (χ0v) is 19.0. The molecule has 3 aromatic carbocycles. The van der Waals surface area contributed by atoms with Crippen molar-refractivity contribution in [2.75, 3.05) is 6.54 Å². The number of ether oxygens (including phenoxy) is 1. The number of pyridine rings is 1. The van der Waals surface area contributed by atoms with Crippen LogP contribution in [0.3, 0.4) is 0 Å². The molecule has 0 unspecified atom stereocenters. The number of alkyl halides is 4. The second-order valence-electron chi connectivity index (χ2n) is 8.16. The van der Waals surface area contributed by atoms with E-state index in [1.807, 2.05) is 19.9 Å². The molecule has 0 radical (unpaired) electrons. The molecule has 1 amide bonds. The van der Waals surface area contributed by atoms with Gasteiger partial charge in [-0.25, -0.2) is 4.39 Å². The van der Waals surface area contributed by atoms with Gasteiger partial charge in [0.1, 0.15) is 11.9 Å². The lowest BCUT2D eigenvalue weighted by atomic mass is 10.0. The summed E-state index contributed by atoms with van der Waals surface area (Å²) in [4.78, 5) is 17.4. The average molecular weight is 482 g/mol. The van der Waals surface area contributed by atoms with Crippen LogP contribution in [0.4, 0.5) is 17.6 Å². The smallest absolute Gasteiger partial charge is 0.416 e. The van der Waals surface area contributed by atoms with Crippen molar-refractivity contribution in [3.05, 3.63) is 101 Å². The van der Waals surface area contributed by atoms with E-state index in [0.717, 1.165) is 23.3 Å². The van der Waals surface area contributed by atoms with Crippen molar-refractivity contribution in [1.82, 2.24) is 10.3 Å². The summed E-state index contributed by atoms with van der Waals surface area (Å²) in [6.45, 7) is 3.51. The van der Waals surface area contributed by atoms with Gasteiger partial charge < -0.3 is 10.1 Å². The maximum absolute atomic E-state index is 14.9. The molecule has 1 N–H and O–H groups in total. The van der Waals surface area contributed by atoms with Gasteiger partial charge in [0.15, 0.2) is 5.75 Å². The van der Waals surface area contributed by atoms with Crippen molar-refractivity contribution in [3.8, 4) is 11.5 Å². The third-order valence-corrected chi connectivity index (χ3v) is 5.69. The molecule has 0 bridgehead atoms. The third kappa shape index (κ3) is 5.42. The van der Waals surface area contributed by atoms with Crippen molar-refractivity contribution in [2.45, 2.75) is 26.2 Å². The van der Waals surface area contributed by atoms with Gasteiger partial charge in [0.05, 0.1) is 29.4 Å². The summed E-state index contributed by atoms with van der Waals surface area (Å²) in [5, 5.41) is 3.01. The van der Waals surface area contributed by atoms with Crippen LogP contribution in [0.1, 0.15) is 38.8 Å². The Morgan fingerprint density at radius 1 is 1.00 bits per heavy atom. The second kappa shape index (κ2) is 9.74. The molecule has 1 atom stereocenters. The Hall–Kier alpha value is -3.94. The van der Waals surface area contributed by atoms with Gasteiger partial charge in [0.2, 0.25) is 0 Å². The number of carbonyl (C=O) groups excluding carboxylic acids is 1. The van der Waals surface area contributed by atoms with Crippen molar-refractivity contribution < 1.29 is 27.1 Å². The number of aromatic nitrogens is 1. The van der Waals surface area contributed by atoms with E-state index in [0.29, 0.717) is 16.5 Å². The highest BCUT2D eigenvalue weighted by molar-refractivity contribution is 6.08. The van der Waals surface area contributed by atoms with Gasteiger partial charge in [-0.3, -0.25) is 9.78 Å². The first-order chi connectivity index (χ1) is 16.6. The number of fused-ring (bicyclic) bond motifs is 1. The largest absolute Gasteiger partial charge is 0.455 e.